The minimum Gasteiger partial charge on any atom is -0.466 e. The minimum atomic E-state index is -0.0424. The van der Waals surface area contributed by atoms with Gasteiger partial charge >= 0.3 is 0 Å². The van der Waals surface area contributed by atoms with Crippen LogP contribution in [0.3, 0.4) is 0 Å². The highest BCUT2D eigenvalue weighted by Crippen LogP contribution is 2.23. The molecule has 1 N–H and O–H groups in total. The number of rotatable bonds is 4. The van der Waals surface area contributed by atoms with Crippen molar-refractivity contribution in [2.45, 2.75) is 13.3 Å². The van der Waals surface area contributed by atoms with E-state index in [9.17, 15) is 4.79 Å². The first-order valence-corrected chi connectivity index (χ1v) is 7.39. The van der Waals surface area contributed by atoms with Crippen LogP contribution in [0.25, 0.3) is 10.2 Å². The van der Waals surface area contributed by atoms with Gasteiger partial charge in [-0.15, -0.1) is 11.3 Å². The summed E-state index contributed by atoms with van der Waals surface area (Å²) in [5, 5.41) is 4.97. The fourth-order valence-electron chi connectivity index (χ4n) is 2.28. The number of fused-ring (bicyclic) bond motifs is 1. The Morgan fingerprint density at radius 2 is 2.25 bits per heavy atom. The molecule has 0 aliphatic heterocycles. The minimum absolute atomic E-state index is 0.0424. The zero-order valence-corrected chi connectivity index (χ0v) is 12.3. The molecule has 0 saturated heterocycles. The lowest BCUT2D eigenvalue weighted by molar-refractivity contribution is 0.0946. The molecule has 0 bridgehead atoms. The number of hydrogen-bond acceptors (Lipinski definition) is 3. The Kier molecular flexibility index (Phi) is 3.36. The van der Waals surface area contributed by atoms with Crippen LogP contribution in [0.15, 0.2) is 34.1 Å². The van der Waals surface area contributed by atoms with E-state index in [1.54, 1.807) is 11.3 Å². The lowest BCUT2D eigenvalue weighted by atomic mass is 10.3. The number of nitrogens with zero attached hydrogens (tertiary/aromatic N) is 1. The molecule has 4 nitrogen and oxygen atoms in total. The second-order valence-corrected chi connectivity index (χ2v) is 5.72. The summed E-state index contributed by atoms with van der Waals surface area (Å²) in [6.07, 6.45) is 0.707. The first kappa shape index (κ1) is 13.0. The van der Waals surface area contributed by atoms with Crippen molar-refractivity contribution in [3.63, 3.8) is 0 Å². The normalized spacial score (nSPS) is 11.1. The molecule has 104 valence electrons. The molecule has 20 heavy (non-hydrogen) atoms. The molecule has 0 aliphatic rings. The number of furan rings is 1. The fraction of sp³-hybridized carbons (Fsp3) is 0.267. The maximum absolute atomic E-state index is 12.2. The SMILES string of the molecule is Cc1ccc(CCNC(=O)c2cc3sccc3n2C)o1. The van der Waals surface area contributed by atoms with Gasteiger partial charge in [-0.05, 0) is 36.6 Å². The van der Waals surface area contributed by atoms with Crippen molar-refractivity contribution in [1.29, 1.82) is 0 Å². The van der Waals surface area contributed by atoms with Crippen molar-refractivity contribution in [1.82, 2.24) is 9.88 Å². The molecular formula is C15H16N2O2S. The largest absolute Gasteiger partial charge is 0.466 e. The van der Waals surface area contributed by atoms with Gasteiger partial charge in [0.2, 0.25) is 0 Å². The van der Waals surface area contributed by atoms with Crippen molar-refractivity contribution in [2.24, 2.45) is 7.05 Å². The molecule has 3 heterocycles. The van der Waals surface area contributed by atoms with Gasteiger partial charge in [0.25, 0.3) is 5.91 Å². The molecule has 0 fully saturated rings. The van der Waals surface area contributed by atoms with E-state index in [1.165, 1.54) is 0 Å². The van der Waals surface area contributed by atoms with Gasteiger partial charge in [0, 0.05) is 20.0 Å². The molecule has 3 aromatic rings. The Labute approximate surface area is 121 Å². The van der Waals surface area contributed by atoms with E-state index in [1.807, 2.05) is 48.2 Å². The molecule has 0 saturated carbocycles. The lowest BCUT2D eigenvalue weighted by Crippen LogP contribution is -2.27. The molecule has 0 unspecified atom stereocenters. The molecule has 0 aromatic carbocycles. The summed E-state index contributed by atoms with van der Waals surface area (Å²) in [4.78, 5) is 12.2. The second-order valence-electron chi connectivity index (χ2n) is 4.78. The molecule has 0 radical (unpaired) electrons. The molecule has 0 spiro atoms. The first-order valence-electron chi connectivity index (χ1n) is 6.51. The van der Waals surface area contributed by atoms with E-state index in [0.29, 0.717) is 18.7 Å². The van der Waals surface area contributed by atoms with Crippen molar-refractivity contribution in [3.8, 4) is 0 Å². The summed E-state index contributed by atoms with van der Waals surface area (Å²) in [5.41, 5.74) is 1.80. The monoisotopic (exact) mass is 288 g/mol. The van der Waals surface area contributed by atoms with Crippen molar-refractivity contribution < 1.29 is 9.21 Å². The average molecular weight is 288 g/mol. The first-order chi connectivity index (χ1) is 9.65. The molecule has 3 rings (SSSR count). The smallest absolute Gasteiger partial charge is 0.267 e. The predicted molar refractivity (Wildman–Crippen MR) is 80.3 cm³/mol. The van der Waals surface area contributed by atoms with Gasteiger partial charge in [-0.3, -0.25) is 4.79 Å². The summed E-state index contributed by atoms with van der Waals surface area (Å²) in [6.45, 7) is 2.49. The number of aromatic nitrogens is 1. The van der Waals surface area contributed by atoms with Crippen LogP contribution in [0.1, 0.15) is 22.0 Å². The summed E-state index contributed by atoms with van der Waals surface area (Å²) in [7, 11) is 1.92. The second kappa shape index (κ2) is 5.17. The van der Waals surface area contributed by atoms with E-state index < -0.39 is 0 Å². The van der Waals surface area contributed by atoms with Crippen LogP contribution >= 0.6 is 11.3 Å². The van der Waals surface area contributed by atoms with Crippen LogP contribution in [0, 0.1) is 6.92 Å². The maximum atomic E-state index is 12.2. The molecule has 1 amide bonds. The quantitative estimate of drug-likeness (QED) is 0.802. The van der Waals surface area contributed by atoms with E-state index in [0.717, 1.165) is 21.7 Å². The summed E-state index contributed by atoms with van der Waals surface area (Å²) in [6, 6.07) is 7.84. The highest BCUT2D eigenvalue weighted by atomic mass is 32.1. The van der Waals surface area contributed by atoms with E-state index >= 15 is 0 Å². The van der Waals surface area contributed by atoms with E-state index in [2.05, 4.69) is 5.32 Å². The Hall–Kier alpha value is -2.01. The Morgan fingerprint density at radius 1 is 1.40 bits per heavy atom. The van der Waals surface area contributed by atoms with Gasteiger partial charge in [0.1, 0.15) is 17.2 Å². The zero-order valence-electron chi connectivity index (χ0n) is 11.5. The third-order valence-corrected chi connectivity index (χ3v) is 4.20. The van der Waals surface area contributed by atoms with Crippen LogP contribution in [-0.2, 0) is 13.5 Å². The number of carbonyl (C=O) groups is 1. The number of aryl methyl sites for hydroxylation is 2. The Balaban J connectivity index is 1.64. The van der Waals surface area contributed by atoms with Crippen LogP contribution in [0.4, 0.5) is 0 Å². The third-order valence-electron chi connectivity index (χ3n) is 3.35. The summed E-state index contributed by atoms with van der Waals surface area (Å²) < 4.78 is 8.54. The van der Waals surface area contributed by atoms with Gasteiger partial charge in [0.05, 0.1) is 10.2 Å². The number of carbonyl (C=O) groups excluding carboxylic acids is 1. The zero-order chi connectivity index (χ0) is 14.1. The summed E-state index contributed by atoms with van der Waals surface area (Å²) >= 11 is 1.65. The molecule has 3 aromatic heterocycles. The predicted octanol–water partition coefficient (Wildman–Crippen LogP) is 3.11. The van der Waals surface area contributed by atoms with Gasteiger partial charge in [0.15, 0.2) is 0 Å². The van der Waals surface area contributed by atoms with Gasteiger partial charge in [-0.2, -0.15) is 0 Å². The average Bonchev–Trinajstić information content (AvgIpc) is 3.09. The fourth-order valence-corrected chi connectivity index (χ4v) is 3.13. The van der Waals surface area contributed by atoms with E-state index in [4.69, 9.17) is 4.42 Å². The van der Waals surface area contributed by atoms with Gasteiger partial charge in [-0.1, -0.05) is 0 Å². The lowest BCUT2D eigenvalue weighted by Gasteiger charge is -2.05. The van der Waals surface area contributed by atoms with Crippen LogP contribution in [0.2, 0.25) is 0 Å². The number of hydrogen-bond donors (Lipinski definition) is 1. The van der Waals surface area contributed by atoms with Crippen molar-refractivity contribution >= 4 is 27.5 Å². The molecule has 5 heteroatoms. The van der Waals surface area contributed by atoms with Crippen LogP contribution in [-0.4, -0.2) is 17.0 Å². The topological polar surface area (TPSA) is 47.2 Å². The standard InChI is InChI=1S/C15H16N2O2S/c1-10-3-4-11(19-10)5-7-16-15(18)13-9-14-12(17(13)2)6-8-20-14/h3-4,6,8-9H,5,7H2,1-2H3,(H,16,18). The molecular weight excluding hydrogens is 272 g/mol. The van der Waals surface area contributed by atoms with Crippen molar-refractivity contribution in [3.05, 3.63) is 46.9 Å². The number of amides is 1. The van der Waals surface area contributed by atoms with E-state index in [-0.39, 0.29) is 5.91 Å². The van der Waals surface area contributed by atoms with Gasteiger partial charge in [-0.25, -0.2) is 0 Å². The number of nitrogens with one attached hydrogen (secondary N) is 1. The van der Waals surface area contributed by atoms with Crippen molar-refractivity contribution in [2.75, 3.05) is 6.54 Å². The van der Waals surface area contributed by atoms with Gasteiger partial charge < -0.3 is 14.3 Å². The molecule has 0 aliphatic carbocycles. The maximum Gasteiger partial charge on any atom is 0.267 e. The number of thiophene rings is 1. The highest BCUT2D eigenvalue weighted by molar-refractivity contribution is 7.17. The van der Waals surface area contributed by atoms with Crippen LogP contribution in [0.5, 0.6) is 0 Å². The van der Waals surface area contributed by atoms with Crippen LogP contribution < -0.4 is 5.32 Å². The Bertz CT molecular complexity index is 751. The Morgan fingerprint density at radius 3 is 2.95 bits per heavy atom. The summed E-state index contributed by atoms with van der Waals surface area (Å²) in [5.74, 6) is 1.75. The third kappa shape index (κ3) is 2.36. The molecule has 0 atom stereocenters. The highest BCUT2D eigenvalue weighted by Gasteiger charge is 2.13.